The topological polar surface area (TPSA) is 86.9 Å². The van der Waals surface area contributed by atoms with Crippen LogP contribution in [-0.2, 0) is 4.79 Å². The van der Waals surface area contributed by atoms with Gasteiger partial charge in [-0.05, 0) is 42.7 Å². The minimum atomic E-state index is -0.441. The number of benzene rings is 1. The van der Waals surface area contributed by atoms with E-state index >= 15 is 0 Å². The zero-order valence-electron chi connectivity index (χ0n) is 13.5. The average Bonchev–Trinajstić information content (AvgIpc) is 3.25. The van der Waals surface area contributed by atoms with Crippen LogP contribution in [-0.4, -0.2) is 33.7 Å². The molecule has 0 saturated heterocycles. The van der Waals surface area contributed by atoms with Crippen molar-refractivity contribution in [2.75, 3.05) is 5.75 Å². The first-order valence-corrected chi connectivity index (χ1v) is 9.13. The third-order valence-corrected chi connectivity index (χ3v) is 4.88. The molecule has 0 bridgehead atoms. The van der Waals surface area contributed by atoms with Gasteiger partial charge in [0.15, 0.2) is 5.16 Å². The van der Waals surface area contributed by atoms with Crippen molar-refractivity contribution in [1.29, 1.82) is 0 Å². The van der Waals surface area contributed by atoms with Gasteiger partial charge < -0.3 is 10.3 Å². The summed E-state index contributed by atoms with van der Waals surface area (Å²) in [4.78, 5) is 30.8. The molecule has 3 rings (SSSR count). The Morgan fingerprint density at radius 3 is 2.68 bits per heavy atom. The second-order valence-electron chi connectivity index (χ2n) is 5.90. The fourth-order valence-electron chi connectivity index (χ4n) is 2.74. The van der Waals surface area contributed by atoms with Crippen LogP contribution in [0.4, 0.5) is 9.18 Å². The van der Waals surface area contributed by atoms with E-state index in [2.05, 4.69) is 20.6 Å². The summed E-state index contributed by atoms with van der Waals surface area (Å²) in [5.74, 6) is -0.597. The normalized spacial score (nSPS) is 14.4. The predicted octanol–water partition coefficient (Wildman–Crippen LogP) is 3.08. The summed E-state index contributed by atoms with van der Waals surface area (Å²) in [5.41, 5.74) is 1.54. The van der Waals surface area contributed by atoms with E-state index in [-0.39, 0.29) is 23.5 Å². The Morgan fingerprint density at radius 1 is 1.24 bits per heavy atom. The van der Waals surface area contributed by atoms with Gasteiger partial charge >= 0.3 is 6.03 Å². The molecule has 132 valence electrons. The highest BCUT2D eigenvalue weighted by Gasteiger charge is 2.18. The third kappa shape index (κ3) is 5.06. The molecule has 3 amide bonds. The van der Waals surface area contributed by atoms with Crippen LogP contribution in [0.3, 0.4) is 0 Å². The number of amides is 3. The number of halogens is 1. The summed E-state index contributed by atoms with van der Waals surface area (Å²) in [6.07, 6.45) is 5.79. The van der Waals surface area contributed by atoms with E-state index in [0.717, 1.165) is 36.9 Å². The highest BCUT2D eigenvalue weighted by atomic mass is 32.2. The Balaban J connectivity index is 1.45. The number of thioether (sulfide) groups is 1. The molecule has 1 fully saturated rings. The van der Waals surface area contributed by atoms with Crippen LogP contribution < -0.4 is 10.6 Å². The maximum Gasteiger partial charge on any atom is 0.321 e. The number of hydrogen-bond donors (Lipinski definition) is 3. The maximum atomic E-state index is 12.9. The second kappa shape index (κ2) is 8.15. The lowest BCUT2D eigenvalue weighted by Gasteiger charge is -2.11. The molecule has 0 atom stereocenters. The lowest BCUT2D eigenvalue weighted by atomic mass is 10.2. The highest BCUT2D eigenvalue weighted by molar-refractivity contribution is 7.99. The maximum absolute atomic E-state index is 12.9. The van der Waals surface area contributed by atoms with E-state index in [1.54, 1.807) is 18.3 Å². The number of H-pyrrole nitrogens is 1. The third-order valence-electron chi connectivity index (χ3n) is 3.99. The van der Waals surface area contributed by atoms with Crippen molar-refractivity contribution in [2.24, 2.45) is 0 Å². The van der Waals surface area contributed by atoms with Gasteiger partial charge in [-0.3, -0.25) is 10.1 Å². The molecule has 0 radical (unpaired) electrons. The van der Waals surface area contributed by atoms with Crippen LogP contribution in [0.1, 0.15) is 25.7 Å². The molecule has 1 aliphatic rings. The van der Waals surface area contributed by atoms with Crippen LogP contribution in [0.15, 0.2) is 35.6 Å². The standard InChI is InChI=1S/C17H19FN4O2S/c18-12-7-5-11(6-8-12)14-9-19-17(21-14)25-10-15(23)22-16(24)20-13-3-1-2-4-13/h5-9,13H,1-4,10H2,(H,19,21)(H2,20,22,23,24). The number of aromatic amines is 1. The molecule has 1 saturated carbocycles. The molecule has 0 unspecified atom stereocenters. The molecule has 1 heterocycles. The molecule has 1 aromatic heterocycles. The number of carbonyl (C=O) groups is 2. The van der Waals surface area contributed by atoms with Gasteiger partial charge in [-0.15, -0.1) is 0 Å². The molecule has 25 heavy (non-hydrogen) atoms. The number of aromatic nitrogens is 2. The van der Waals surface area contributed by atoms with Crippen molar-refractivity contribution in [3.63, 3.8) is 0 Å². The number of imidazole rings is 1. The summed E-state index contributed by atoms with van der Waals surface area (Å²) < 4.78 is 12.9. The number of nitrogens with one attached hydrogen (secondary N) is 3. The van der Waals surface area contributed by atoms with Gasteiger partial charge in [0.1, 0.15) is 5.82 Å². The molecule has 0 spiro atoms. The van der Waals surface area contributed by atoms with Gasteiger partial charge in [0.25, 0.3) is 0 Å². The predicted molar refractivity (Wildman–Crippen MR) is 93.6 cm³/mol. The van der Waals surface area contributed by atoms with Crippen molar-refractivity contribution in [3.8, 4) is 11.3 Å². The zero-order chi connectivity index (χ0) is 17.6. The van der Waals surface area contributed by atoms with E-state index in [0.29, 0.717) is 5.16 Å². The molecule has 3 N–H and O–H groups in total. The van der Waals surface area contributed by atoms with Crippen molar-refractivity contribution in [3.05, 3.63) is 36.3 Å². The Kier molecular flexibility index (Phi) is 5.70. The first-order chi connectivity index (χ1) is 12.1. The lowest BCUT2D eigenvalue weighted by molar-refractivity contribution is -0.117. The van der Waals surface area contributed by atoms with Crippen LogP contribution in [0, 0.1) is 5.82 Å². The first-order valence-electron chi connectivity index (χ1n) is 8.14. The van der Waals surface area contributed by atoms with E-state index in [1.807, 2.05) is 0 Å². The van der Waals surface area contributed by atoms with Crippen molar-refractivity contribution in [1.82, 2.24) is 20.6 Å². The van der Waals surface area contributed by atoms with Crippen molar-refractivity contribution >= 4 is 23.7 Å². The van der Waals surface area contributed by atoms with E-state index in [1.165, 1.54) is 23.9 Å². The van der Waals surface area contributed by atoms with Gasteiger partial charge in [0.2, 0.25) is 5.91 Å². The minimum Gasteiger partial charge on any atom is -0.335 e. The Bertz CT molecular complexity index is 741. The van der Waals surface area contributed by atoms with E-state index in [9.17, 15) is 14.0 Å². The van der Waals surface area contributed by atoms with Crippen LogP contribution in [0.2, 0.25) is 0 Å². The quantitative estimate of drug-likeness (QED) is 0.714. The van der Waals surface area contributed by atoms with Crippen molar-refractivity contribution < 1.29 is 14.0 Å². The Labute approximate surface area is 149 Å². The largest absolute Gasteiger partial charge is 0.335 e. The van der Waals surface area contributed by atoms with Gasteiger partial charge in [0.05, 0.1) is 17.6 Å². The lowest BCUT2D eigenvalue weighted by Crippen LogP contribution is -2.44. The molecule has 1 aliphatic carbocycles. The van der Waals surface area contributed by atoms with Crippen LogP contribution >= 0.6 is 11.8 Å². The first kappa shape index (κ1) is 17.5. The number of nitrogens with zero attached hydrogens (tertiary/aromatic N) is 1. The zero-order valence-corrected chi connectivity index (χ0v) is 14.4. The van der Waals surface area contributed by atoms with Crippen LogP contribution in [0.25, 0.3) is 11.3 Å². The van der Waals surface area contributed by atoms with E-state index in [4.69, 9.17) is 0 Å². The number of urea groups is 1. The van der Waals surface area contributed by atoms with Gasteiger partial charge in [0, 0.05) is 6.04 Å². The Hall–Kier alpha value is -2.35. The molecular formula is C17H19FN4O2S. The monoisotopic (exact) mass is 362 g/mol. The smallest absolute Gasteiger partial charge is 0.321 e. The number of carbonyl (C=O) groups excluding carboxylic acids is 2. The molecular weight excluding hydrogens is 343 g/mol. The number of hydrogen-bond acceptors (Lipinski definition) is 4. The van der Waals surface area contributed by atoms with Gasteiger partial charge in [-0.25, -0.2) is 14.2 Å². The summed E-state index contributed by atoms with van der Waals surface area (Å²) >= 11 is 1.20. The SMILES string of the molecule is O=C(CSc1ncc(-c2ccc(F)cc2)[nH]1)NC(=O)NC1CCCC1. The molecule has 0 aliphatic heterocycles. The fraction of sp³-hybridized carbons (Fsp3) is 0.353. The molecule has 2 aromatic rings. The number of imide groups is 1. The second-order valence-corrected chi connectivity index (χ2v) is 6.86. The Morgan fingerprint density at radius 2 is 1.96 bits per heavy atom. The molecule has 6 nitrogen and oxygen atoms in total. The molecule has 1 aromatic carbocycles. The summed E-state index contributed by atoms with van der Waals surface area (Å²) in [7, 11) is 0. The van der Waals surface area contributed by atoms with Gasteiger partial charge in [-0.1, -0.05) is 24.6 Å². The van der Waals surface area contributed by atoms with Gasteiger partial charge in [-0.2, -0.15) is 0 Å². The van der Waals surface area contributed by atoms with Crippen LogP contribution in [0.5, 0.6) is 0 Å². The summed E-state index contributed by atoms with van der Waals surface area (Å²) in [6, 6.07) is 5.78. The highest BCUT2D eigenvalue weighted by Crippen LogP contribution is 2.21. The van der Waals surface area contributed by atoms with Crippen molar-refractivity contribution in [2.45, 2.75) is 36.9 Å². The van der Waals surface area contributed by atoms with E-state index < -0.39 is 6.03 Å². The minimum absolute atomic E-state index is 0.0778. The molecule has 8 heteroatoms. The fourth-order valence-corrected chi connectivity index (χ4v) is 3.39. The summed E-state index contributed by atoms with van der Waals surface area (Å²) in [6.45, 7) is 0. The average molecular weight is 362 g/mol. The summed E-state index contributed by atoms with van der Waals surface area (Å²) in [5, 5.41) is 5.69. The number of rotatable bonds is 5.